The monoisotopic (exact) mass is 460 g/mol. The molecule has 2 aromatic heterocycles. The number of thiophene rings is 1. The lowest BCUT2D eigenvalue weighted by Crippen LogP contribution is -2.32. The largest absolute Gasteiger partial charge is 0.478 e. The molecule has 4 rings (SSSR count). The fourth-order valence-corrected chi connectivity index (χ4v) is 6.52. The first-order chi connectivity index (χ1) is 14.8. The molecule has 2 atom stereocenters. The Hall–Kier alpha value is -2.72. The molecule has 0 aromatic carbocycles. The molecular weight excluding hydrogens is 440 g/mol. The van der Waals surface area contributed by atoms with Crippen molar-refractivity contribution in [3.8, 4) is 0 Å². The summed E-state index contributed by atoms with van der Waals surface area (Å²) in [5.41, 5.74) is 1.13. The van der Waals surface area contributed by atoms with Crippen LogP contribution in [0.25, 0.3) is 0 Å². The van der Waals surface area contributed by atoms with Crippen molar-refractivity contribution in [2.75, 3.05) is 12.0 Å². The molecule has 0 saturated carbocycles. The number of carboxylic acids is 1. The highest BCUT2D eigenvalue weighted by Gasteiger charge is 2.44. The zero-order chi connectivity index (χ0) is 22.3. The second-order valence-corrected chi connectivity index (χ2v) is 9.84. The van der Waals surface area contributed by atoms with E-state index in [0.29, 0.717) is 22.9 Å². The summed E-state index contributed by atoms with van der Waals surface area (Å²) in [6.07, 6.45) is 3.75. The van der Waals surface area contributed by atoms with E-state index in [1.165, 1.54) is 36.8 Å². The lowest BCUT2D eigenvalue weighted by Gasteiger charge is -2.18. The molecule has 0 spiro atoms. The van der Waals surface area contributed by atoms with Crippen LogP contribution in [0.5, 0.6) is 0 Å². The van der Waals surface area contributed by atoms with Gasteiger partial charge in [0.15, 0.2) is 0 Å². The van der Waals surface area contributed by atoms with Crippen molar-refractivity contribution in [1.82, 2.24) is 4.98 Å². The molecule has 3 heterocycles. The maximum Gasteiger partial charge on any atom is 0.341 e. The molecule has 0 unspecified atom stereocenters. The van der Waals surface area contributed by atoms with Gasteiger partial charge in [-0.2, -0.15) is 0 Å². The minimum atomic E-state index is -1.16. The average molecular weight is 461 g/mol. The van der Waals surface area contributed by atoms with Gasteiger partial charge < -0.3 is 9.84 Å². The molecular formula is C21H20N2O6S2. The van der Waals surface area contributed by atoms with Gasteiger partial charge in [-0.25, -0.2) is 19.5 Å². The normalized spacial score (nSPS) is 20.6. The number of ether oxygens (including phenoxy) is 1. The van der Waals surface area contributed by atoms with Gasteiger partial charge in [0, 0.05) is 17.5 Å². The van der Waals surface area contributed by atoms with Crippen molar-refractivity contribution in [2.45, 2.75) is 42.9 Å². The van der Waals surface area contributed by atoms with E-state index in [1.54, 1.807) is 0 Å². The van der Waals surface area contributed by atoms with Gasteiger partial charge in [-0.15, -0.1) is 11.3 Å². The third kappa shape index (κ3) is 3.85. The Morgan fingerprint density at radius 3 is 2.81 bits per heavy atom. The van der Waals surface area contributed by atoms with E-state index in [1.807, 2.05) is 0 Å². The summed E-state index contributed by atoms with van der Waals surface area (Å²) in [5.74, 6) is -2.16. The number of nitrogens with zero attached hydrogens (tertiary/aromatic N) is 2. The minimum Gasteiger partial charge on any atom is -0.478 e. The molecule has 2 aliphatic rings. The standard InChI is InChI=1S/C21H20N2O6S2/c1-10-5-6-11-13(8-10)31-19(16(11)21(28)29-2)23-15(24)9-14(18(23)25)30-17-12(20(26)27)4-3-7-22-17/h3-4,7,10,14H,5-6,8-9H2,1-2H3,(H,26,27)/t10-,14+/m1/s1. The lowest BCUT2D eigenvalue weighted by atomic mass is 9.88. The van der Waals surface area contributed by atoms with Gasteiger partial charge in [0.25, 0.3) is 0 Å². The zero-order valence-corrected chi connectivity index (χ0v) is 18.5. The number of imide groups is 1. The number of carboxylic acid groups (broad SMARTS) is 1. The van der Waals surface area contributed by atoms with Gasteiger partial charge in [0.1, 0.15) is 10.0 Å². The van der Waals surface area contributed by atoms with E-state index in [4.69, 9.17) is 4.74 Å². The van der Waals surface area contributed by atoms with Crippen LogP contribution in [0.4, 0.5) is 5.00 Å². The number of rotatable bonds is 5. The molecule has 31 heavy (non-hydrogen) atoms. The van der Waals surface area contributed by atoms with Crippen LogP contribution in [-0.2, 0) is 27.2 Å². The van der Waals surface area contributed by atoms with Crippen LogP contribution in [0.1, 0.15) is 50.9 Å². The number of thioether (sulfide) groups is 1. The van der Waals surface area contributed by atoms with Crippen molar-refractivity contribution in [1.29, 1.82) is 0 Å². The van der Waals surface area contributed by atoms with Crippen LogP contribution in [0.15, 0.2) is 23.4 Å². The predicted molar refractivity (Wildman–Crippen MR) is 115 cm³/mol. The van der Waals surface area contributed by atoms with Crippen molar-refractivity contribution >= 4 is 51.9 Å². The number of hydrogen-bond acceptors (Lipinski definition) is 8. The van der Waals surface area contributed by atoms with Crippen molar-refractivity contribution < 1.29 is 29.0 Å². The molecule has 1 aliphatic heterocycles. The summed E-state index contributed by atoms with van der Waals surface area (Å²) in [6, 6.07) is 2.90. The second kappa shape index (κ2) is 8.43. The van der Waals surface area contributed by atoms with Crippen LogP contribution < -0.4 is 4.90 Å². The molecule has 10 heteroatoms. The fourth-order valence-electron chi connectivity index (χ4n) is 3.90. The number of fused-ring (bicyclic) bond motifs is 1. The summed E-state index contributed by atoms with van der Waals surface area (Å²) in [6.45, 7) is 2.13. The van der Waals surface area contributed by atoms with Gasteiger partial charge in [-0.05, 0) is 42.9 Å². The number of methoxy groups -OCH3 is 1. The number of carbonyl (C=O) groups is 4. The fraction of sp³-hybridized carbons (Fsp3) is 0.381. The first kappa shape index (κ1) is 21.5. The van der Waals surface area contributed by atoms with Gasteiger partial charge in [0.2, 0.25) is 11.8 Å². The Morgan fingerprint density at radius 2 is 2.10 bits per heavy atom. The number of anilines is 1. The molecule has 2 aromatic rings. The van der Waals surface area contributed by atoms with Crippen LogP contribution in [0.2, 0.25) is 0 Å². The summed E-state index contributed by atoms with van der Waals surface area (Å²) < 4.78 is 4.96. The third-order valence-corrected chi connectivity index (χ3v) is 7.89. The lowest BCUT2D eigenvalue weighted by molar-refractivity contribution is -0.121. The van der Waals surface area contributed by atoms with Crippen LogP contribution >= 0.6 is 23.1 Å². The molecule has 0 radical (unpaired) electrons. The Morgan fingerprint density at radius 1 is 1.32 bits per heavy atom. The molecule has 1 aliphatic carbocycles. The van der Waals surface area contributed by atoms with E-state index in [9.17, 15) is 24.3 Å². The third-order valence-electron chi connectivity index (χ3n) is 5.45. The van der Waals surface area contributed by atoms with E-state index < -0.39 is 29.0 Å². The van der Waals surface area contributed by atoms with Crippen LogP contribution in [-0.4, -0.2) is 46.2 Å². The Kier molecular flexibility index (Phi) is 5.85. The average Bonchev–Trinajstić information content (AvgIpc) is 3.23. The number of carbonyl (C=O) groups excluding carboxylic acids is 3. The number of aromatic nitrogens is 1. The smallest absolute Gasteiger partial charge is 0.341 e. The minimum absolute atomic E-state index is 0.0259. The predicted octanol–water partition coefficient (Wildman–Crippen LogP) is 3.18. The van der Waals surface area contributed by atoms with E-state index >= 15 is 0 Å². The molecule has 1 N–H and O–H groups in total. The highest BCUT2D eigenvalue weighted by atomic mass is 32.2. The number of aromatic carboxylic acids is 1. The number of pyridine rings is 1. The Labute approximate surface area is 186 Å². The second-order valence-electron chi connectivity index (χ2n) is 7.56. The van der Waals surface area contributed by atoms with Crippen molar-refractivity contribution in [3.63, 3.8) is 0 Å². The first-order valence-corrected chi connectivity index (χ1v) is 11.5. The molecule has 162 valence electrons. The molecule has 2 amide bonds. The quantitative estimate of drug-likeness (QED) is 0.535. The van der Waals surface area contributed by atoms with E-state index in [-0.39, 0.29) is 17.0 Å². The molecule has 1 fully saturated rings. The number of amides is 2. The zero-order valence-electron chi connectivity index (χ0n) is 16.9. The summed E-state index contributed by atoms with van der Waals surface area (Å²) in [5, 5.41) is 9.03. The molecule has 1 saturated heterocycles. The van der Waals surface area contributed by atoms with Crippen LogP contribution in [0, 0.1) is 5.92 Å². The van der Waals surface area contributed by atoms with Gasteiger partial charge in [-0.1, -0.05) is 18.7 Å². The van der Waals surface area contributed by atoms with Gasteiger partial charge in [0.05, 0.1) is 23.5 Å². The van der Waals surface area contributed by atoms with E-state index in [2.05, 4.69) is 11.9 Å². The number of hydrogen-bond donors (Lipinski definition) is 1. The van der Waals surface area contributed by atoms with Gasteiger partial charge in [-0.3, -0.25) is 9.59 Å². The molecule has 8 nitrogen and oxygen atoms in total. The highest BCUT2D eigenvalue weighted by Crippen LogP contribution is 2.44. The van der Waals surface area contributed by atoms with Gasteiger partial charge >= 0.3 is 11.9 Å². The molecule has 0 bridgehead atoms. The SMILES string of the molecule is COC(=O)c1c(N2C(=O)C[C@H](Sc3ncccc3C(=O)O)C2=O)sc2c1CC[C@@H](C)C2. The summed E-state index contributed by atoms with van der Waals surface area (Å²) in [4.78, 5) is 56.2. The Balaban J connectivity index is 1.69. The maximum absolute atomic E-state index is 13.2. The Bertz CT molecular complexity index is 1100. The summed E-state index contributed by atoms with van der Waals surface area (Å²) in [7, 11) is 1.28. The van der Waals surface area contributed by atoms with Crippen molar-refractivity contribution in [3.05, 3.63) is 39.9 Å². The topological polar surface area (TPSA) is 114 Å². The van der Waals surface area contributed by atoms with Crippen LogP contribution in [0.3, 0.4) is 0 Å². The summed E-state index contributed by atoms with van der Waals surface area (Å²) >= 11 is 2.25. The first-order valence-electron chi connectivity index (χ1n) is 9.76. The number of esters is 1. The highest BCUT2D eigenvalue weighted by molar-refractivity contribution is 8.00. The maximum atomic E-state index is 13.2. The van der Waals surface area contributed by atoms with E-state index in [0.717, 1.165) is 39.9 Å². The van der Waals surface area contributed by atoms with Crippen molar-refractivity contribution in [2.24, 2.45) is 5.92 Å².